The molecule has 4 aromatic carbocycles. The van der Waals surface area contributed by atoms with Gasteiger partial charge in [-0.15, -0.1) is 0 Å². The quantitative estimate of drug-likeness (QED) is 0.462. The molecule has 2 amide bonds. The lowest BCUT2D eigenvalue weighted by Gasteiger charge is -2.17. The molecular formula is C26H23N3O2. The third-order valence-corrected chi connectivity index (χ3v) is 5.04. The number of nitrogens with zero attached hydrogens (tertiary/aromatic N) is 1. The van der Waals surface area contributed by atoms with Crippen LogP contribution < -0.4 is 15.5 Å². The number of carbonyl (C=O) groups is 2. The van der Waals surface area contributed by atoms with E-state index in [1.807, 2.05) is 66.7 Å². The van der Waals surface area contributed by atoms with Crippen LogP contribution in [-0.4, -0.2) is 25.4 Å². The van der Waals surface area contributed by atoms with E-state index >= 15 is 0 Å². The first kappa shape index (κ1) is 20.2. The Labute approximate surface area is 181 Å². The highest BCUT2D eigenvalue weighted by atomic mass is 16.2. The fourth-order valence-electron chi connectivity index (χ4n) is 3.38. The predicted octanol–water partition coefficient (Wildman–Crippen LogP) is 5.17. The molecule has 4 rings (SSSR count). The highest BCUT2D eigenvalue weighted by molar-refractivity contribution is 6.06. The Hall–Kier alpha value is -4.12. The van der Waals surface area contributed by atoms with Crippen LogP contribution in [0.3, 0.4) is 0 Å². The molecule has 5 heteroatoms. The van der Waals surface area contributed by atoms with E-state index in [1.165, 1.54) is 0 Å². The van der Waals surface area contributed by atoms with Crippen molar-refractivity contribution in [3.63, 3.8) is 0 Å². The molecule has 2 N–H and O–H groups in total. The Balaban J connectivity index is 1.38. The predicted molar refractivity (Wildman–Crippen MR) is 127 cm³/mol. The molecule has 0 spiro atoms. The summed E-state index contributed by atoms with van der Waals surface area (Å²) in [6.45, 7) is 0.125. The Kier molecular flexibility index (Phi) is 5.94. The molecule has 31 heavy (non-hydrogen) atoms. The van der Waals surface area contributed by atoms with Gasteiger partial charge in [0.1, 0.15) is 0 Å². The van der Waals surface area contributed by atoms with Crippen molar-refractivity contribution in [2.45, 2.75) is 0 Å². The maximum atomic E-state index is 12.8. The number of rotatable bonds is 6. The average molecular weight is 409 g/mol. The number of carbonyl (C=O) groups excluding carboxylic acids is 2. The Bertz CT molecular complexity index is 1220. The van der Waals surface area contributed by atoms with Crippen LogP contribution in [0.5, 0.6) is 0 Å². The zero-order valence-electron chi connectivity index (χ0n) is 17.2. The zero-order valence-corrected chi connectivity index (χ0v) is 17.2. The van der Waals surface area contributed by atoms with Gasteiger partial charge < -0.3 is 15.5 Å². The van der Waals surface area contributed by atoms with E-state index in [9.17, 15) is 9.59 Å². The highest BCUT2D eigenvalue weighted by Crippen LogP contribution is 2.19. The summed E-state index contributed by atoms with van der Waals surface area (Å²) in [6, 6.07) is 30.5. The first-order chi connectivity index (χ1) is 15.1. The summed E-state index contributed by atoms with van der Waals surface area (Å²) in [4.78, 5) is 26.8. The number of benzene rings is 4. The maximum Gasteiger partial charge on any atom is 0.258 e. The molecule has 0 saturated carbocycles. The van der Waals surface area contributed by atoms with Crippen LogP contribution in [0.15, 0.2) is 97.1 Å². The van der Waals surface area contributed by atoms with E-state index in [4.69, 9.17) is 0 Å². The summed E-state index contributed by atoms with van der Waals surface area (Å²) in [5, 5.41) is 8.26. The third kappa shape index (κ3) is 4.90. The molecule has 0 radical (unpaired) electrons. The van der Waals surface area contributed by atoms with Gasteiger partial charge in [-0.3, -0.25) is 9.59 Å². The van der Waals surface area contributed by atoms with Gasteiger partial charge in [-0.25, -0.2) is 0 Å². The number of fused-ring (bicyclic) bond motifs is 1. The molecule has 0 saturated heterocycles. The fraction of sp³-hybridized carbons (Fsp3) is 0.0769. The molecule has 5 nitrogen and oxygen atoms in total. The summed E-state index contributed by atoms with van der Waals surface area (Å²) in [7, 11) is 1.73. The molecule has 0 aliphatic rings. The molecule has 0 bridgehead atoms. The van der Waals surface area contributed by atoms with Gasteiger partial charge in [0, 0.05) is 29.7 Å². The minimum atomic E-state index is -0.186. The van der Waals surface area contributed by atoms with Crippen molar-refractivity contribution in [3.05, 3.63) is 103 Å². The molecule has 0 aliphatic carbocycles. The van der Waals surface area contributed by atoms with E-state index < -0.39 is 0 Å². The van der Waals surface area contributed by atoms with Crippen LogP contribution in [-0.2, 0) is 4.79 Å². The normalized spacial score (nSPS) is 10.5. The highest BCUT2D eigenvalue weighted by Gasteiger charge is 2.14. The minimum absolute atomic E-state index is 0.125. The van der Waals surface area contributed by atoms with Crippen molar-refractivity contribution in [2.24, 2.45) is 0 Å². The van der Waals surface area contributed by atoms with Crippen LogP contribution in [0.2, 0.25) is 0 Å². The second-order valence-electron chi connectivity index (χ2n) is 7.24. The molecule has 0 aromatic heterocycles. The standard InChI is InChI=1S/C26H23N3O2/c1-29(24-12-3-2-4-13-24)26(31)21-10-7-11-23(17-21)28-25(30)18-27-22-15-14-19-8-5-6-9-20(19)16-22/h2-17,27H,18H2,1H3,(H,28,30). The molecule has 4 aromatic rings. The van der Waals surface area contributed by atoms with E-state index in [2.05, 4.69) is 16.7 Å². The molecule has 154 valence electrons. The van der Waals surface area contributed by atoms with Crippen LogP contribution in [0.1, 0.15) is 10.4 Å². The molecule has 0 fully saturated rings. The van der Waals surface area contributed by atoms with Crippen molar-refractivity contribution in [3.8, 4) is 0 Å². The van der Waals surface area contributed by atoms with Gasteiger partial charge in [0.15, 0.2) is 0 Å². The van der Waals surface area contributed by atoms with Gasteiger partial charge in [-0.05, 0) is 53.2 Å². The van der Waals surface area contributed by atoms with E-state index in [-0.39, 0.29) is 18.4 Å². The summed E-state index contributed by atoms with van der Waals surface area (Å²) >= 11 is 0. The van der Waals surface area contributed by atoms with Crippen molar-refractivity contribution >= 4 is 39.6 Å². The second-order valence-corrected chi connectivity index (χ2v) is 7.24. The summed E-state index contributed by atoms with van der Waals surface area (Å²) in [5.41, 5.74) is 2.77. The molecule has 0 unspecified atom stereocenters. The van der Waals surface area contributed by atoms with Crippen LogP contribution in [0.4, 0.5) is 17.1 Å². The van der Waals surface area contributed by atoms with Crippen LogP contribution in [0, 0.1) is 0 Å². The number of amides is 2. The summed E-state index contributed by atoms with van der Waals surface area (Å²) in [5.74, 6) is -0.328. The number of anilines is 3. The van der Waals surface area contributed by atoms with Gasteiger partial charge in [0.05, 0.1) is 6.54 Å². The monoisotopic (exact) mass is 409 g/mol. The Morgan fingerprint density at radius 1 is 0.742 bits per heavy atom. The SMILES string of the molecule is CN(C(=O)c1cccc(NC(=O)CNc2ccc3ccccc3c2)c1)c1ccccc1. The number of hydrogen-bond acceptors (Lipinski definition) is 3. The van der Waals surface area contributed by atoms with Crippen molar-refractivity contribution in [2.75, 3.05) is 29.1 Å². The van der Waals surface area contributed by atoms with Crippen LogP contribution >= 0.6 is 0 Å². The smallest absolute Gasteiger partial charge is 0.258 e. The lowest BCUT2D eigenvalue weighted by molar-refractivity contribution is -0.114. The van der Waals surface area contributed by atoms with Crippen molar-refractivity contribution in [1.82, 2.24) is 0 Å². The number of para-hydroxylation sites is 1. The molecule has 0 heterocycles. The summed E-state index contributed by atoms with van der Waals surface area (Å²) < 4.78 is 0. The molecular weight excluding hydrogens is 386 g/mol. The van der Waals surface area contributed by atoms with Gasteiger partial charge in [-0.1, -0.05) is 54.6 Å². The van der Waals surface area contributed by atoms with Gasteiger partial charge in [0.2, 0.25) is 5.91 Å². The lowest BCUT2D eigenvalue weighted by atomic mass is 10.1. The third-order valence-electron chi connectivity index (χ3n) is 5.04. The Morgan fingerprint density at radius 2 is 1.48 bits per heavy atom. The maximum absolute atomic E-state index is 12.8. The van der Waals surface area contributed by atoms with E-state index in [0.29, 0.717) is 11.3 Å². The number of hydrogen-bond donors (Lipinski definition) is 2. The zero-order chi connectivity index (χ0) is 21.6. The Morgan fingerprint density at radius 3 is 2.29 bits per heavy atom. The molecule has 0 aliphatic heterocycles. The van der Waals surface area contributed by atoms with Gasteiger partial charge >= 0.3 is 0 Å². The van der Waals surface area contributed by atoms with Crippen molar-refractivity contribution in [1.29, 1.82) is 0 Å². The lowest BCUT2D eigenvalue weighted by Crippen LogP contribution is -2.26. The molecule has 0 atom stereocenters. The second kappa shape index (κ2) is 9.13. The van der Waals surface area contributed by atoms with Crippen molar-refractivity contribution < 1.29 is 9.59 Å². The van der Waals surface area contributed by atoms with Gasteiger partial charge in [-0.2, -0.15) is 0 Å². The van der Waals surface area contributed by atoms with E-state index in [1.54, 1.807) is 36.2 Å². The van der Waals surface area contributed by atoms with Crippen LogP contribution in [0.25, 0.3) is 10.8 Å². The fourth-order valence-corrected chi connectivity index (χ4v) is 3.38. The van der Waals surface area contributed by atoms with E-state index in [0.717, 1.165) is 22.1 Å². The largest absolute Gasteiger partial charge is 0.376 e. The first-order valence-corrected chi connectivity index (χ1v) is 10.1. The number of nitrogens with one attached hydrogen (secondary N) is 2. The average Bonchev–Trinajstić information content (AvgIpc) is 2.82. The first-order valence-electron chi connectivity index (χ1n) is 10.1. The minimum Gasteiger partial charge on any atom is -0.376 e. The summed E-state index contributed by atoms with van der Waals surface area (Å²) in [6.07, 6.45) is 0. The van der Waals surface area contributed by atoms with Gasteiger partial charge in [0.25, 0.3) is 5.91 Å². The topological polar surface area (TPSA) is 61.4 Å².